The number of aryl methyl sites for hydroxylation is 1. The van der Waals surface area contributed by atoms with Gasteiger partial charge < -0.3 is 21.4 Å². The van der Waals surface area contributed by atoms with Crippen molar-refractivity contribution in [2.24, 2.45) is 0 Å². The summed E-state index contributed by atoms with van der Waals surface area (Å²) in [4.78, 5) is 13.2. The summed E-state index contributed by atoms with van der Waals surface area (Å²) in [7, 11) is 9.94. The minimum atomic E-state index is -0.00434. The van der Waals surface area contributed by atoms with Gasteiger partial charge in [-0.2, -0.15) is 0 Å². The zero-order valence-corrected chi connectivity index (χ0v) is 24.3. The van der Waals surface area contributed by atoms with Crippen LogP contribution >= 0.6 is 0 Å². The maximum atomic E-state index is 11.6. The van der Waals surface area contributed by atoms with Crippen molar-refractivity contribution >= 4 is 41.8 Å². The molecule has 1 amide bonds. The Balaban J connectivity index is 1.87. The first kappa shape index (κ1) is 30.6. The Kier molecular flexibility index (Phi) is 11.5. The highest BCUT2D eigenvalue weighted by atomic mass is 16.2. The van der Waals surface area contributed by atoms with E-state index < -0.39 is 0 Å². The number of hydrogen-bond acceptors (Lipinski definition) is 4. The van der Waals surface area contributed by atoms with Crippen LogP contribution < -0.4 is 16.5 Å². The summed E-state index contributed by atoms with van der Waals surface area (Å²) >= 11 is 0. The second-order valence-corrected chi connectivity index (χ2v) is 10.1. The van der Waals surface area contributed by atoms with Gasteiger partial charge in [-0.05, 0) is 77.8 Å². The third-order valence-electron chi connectivity index (χ3n) is 6.99. The lowest BCUT2D eigenvalue weighted by atomic mass is 9.81. The van der Waals surface area contributed by atoms with Crippen molar-refractivity contribution in [1.29, 1.82) is 5.41 Å². The summed E-state index contributed by atoms with van der Waals surface area (Å²) < 4.78 is 0. The molecule has 0 aliphatic heterocycles. The Bertz CT molecular complexity index is 1370. The first-order valence-electron chi connectivity index (χ1n) is 14.0. The minimum Gasteiger partial charge on any atom is -0.398 e. The van der Waals surface area contributed by atoms with Crippen LogP contribution in [0.1, 0.15) is 60.9 Å². The van der Waals surface area contributed by atoms with Gasteiger partial charge in [0.15, 0.2) is 0 Å². The van der Waals surface area contributed by atoms with Crippen LogP contribution in [-0.2, 0) is 11.2 Å². The number of benzene rings is 3. The molecule has 0 saturated carbocycles. The molecule has 2 radical (unpaired) electrons. The molecule has 6 heteroatoms. The van der Waals surface area contributed by atoms with E-state index in [0.29, 0.717) is 24.4 Å². The molecule has 0 aliphatic rings. The van der Waals surface area contributed by atoms with Gasteiger partial charge in [-0.3, -0.25) is 4.79 Å². The van der Waals surface area contributed by atoms with Crippen molar-refractivity contribution in [1.82, 2.24) is 10.2 Å². The summed E-state index contributed by atoms with van der Waals surface area (Å²) in [6.45, 7) is 5.68. The fourth-order valence-corrected chi connectivity index (χ4v) is 4.70. The van der Waals surface area contributed by atoms with Crippen LogP contribution in [0, 0.1) is 5.41 Å². The third kappa shape index (κ3) is 8.06. The number of carbonyl (C=O) groups is 1. The Morgan fingerprint density at radius 2 is 1.68 bits per heavy atom. The number of likely N-dealkylation sites (N-methyl/N-ethyl adjacent to an activating group) is 1. The maximum Gasteiger partial charge on any atom is 0.245 e. The molecule has 0 unspecified atom stereocenters. The van der Waals surface area contributed by atoms with Gasteiger partial charge in [-0.15, -0.1) is 0 Å². The highest BCUT2D eigenvalue weighted by Crippen LogP contribution is 2.35. The van der Waals surface area contributed by atoms with Crippen LogP contribution in [0.15, 0.2) is 78.9 Å². The molecular formula is C34H41BN4O. The number of nitrogens with zero attached hydrogens (tertiary/aromatic N) is 1. The number of nitrogens with one attached hydrogen (secondary N) is 2. The molecule has 0 aliphatic carbocycles. The Labute approximate surface area is 241 Å². The van der Waals surface area contributed by atoms with E-state index in [1.165, 1.54) is 5.56 Å². The van der Waals surface area contributed by atoms with E-state index in [4.69, 9.17) is 19.0 Å². The average Bonchev–Trinajstić information content (AvgIpc) is 2.96. The van der Waals surface area contributed by atoms with E-state index in [0.717, 1.165) is 64.7 Å². The van der Waals surface area contributed by atoms with Crippen LogP contribution in [0.25, 0.3) is 11.1 Å². The molecule has 0 aromatic heterocycles. The van der Waals surface area contributed by atoms with Crippen molar-refractivity contribution in [3.05, 3.63) is 107 Å². The molecule has 3 aromatic carbocycles. The Morgan fingerprint density at radius 1 is 0.975 bits per heavy atom. The average molecular weight is 533 g/mol. The lowest BCUT2D eigenvalue weighted by Gasteiger charge is -2.19. The lowest BCUT2D eigenvalue weighted by molar-refractivity contribution is -0.123. The summed E-state index contributed by atoms with van der Waals surface area (Å²) in [5, 5.41) is 11.8. The maximum absolute atomic E-state index is 11.6. The molecule has 0 heterocycles. The Morgan fingerprint density at radius 3 is 2.33 bits per heavy atom. The number of hydrogen-bond donors (Lipinski definition) is 3. The van der Waals surface area contributed by atoms with Crippen LogP contribution in [-0.4, -0.2) is 51.5 Å². The SMILES string of the molecule is [B]c1ccccc1/C(CC)=C(\c1ccc(CCCNC/C=C/C(=O)N(C)C)cc1)c1ccc(N)c(C(=N)CC)c1. The predicted molar refractivity (Wildman–Crippen MR) is 171 cm³/mol. The lowest BCUT2D eigenvalue weighted by Crippen LogP contribution is -2.20. The zero-order chi connectivity index (χ0) is 29.1. The first-order chi connectivity index (χ1) is 19.3. The van der Waals surface area contributed by atoms with Gasteiger partial charge in [0.05, 0.1) is 0 Å². The van der Waals surface area contributed by atoms with Crippen molar-refractivity contribution < 1.29 is 4.79 Å². The highest BCUT2D eigenvalue weighted by molar-refractivity contribution is 6.35. The number of nitrogens with two attached hydrogens (primary N) is 1. The van der Waals surface area contributed by atoms with Crippen LogP contribution in [0.5, 0.6) is 0 Å². The monoisotopic (exact) mass is 532 g/mol. The standard InChI is InChI=1S/C34H41BN4O/c1-5-27(28-12-7-8-13-30(28)35)34(26-19-20-32(37)29(23-26)31(36)6-2)25-17-15-24(16-18-25)11-9-21-38-22-10-14-33(40)39(3)4/h7-8,10,12-20,23,36,38H,5-6,9,11,21-22,37H2,1-4H3/b14-10+,34-27+,36-31?. The molecule has 0 atom stereocenters. The molecule has 5 nitrogen and oxygen atoms in total. The van der Waals surface area contributed by atoms with Gasteiger partial charge in [0, 0.05) is 43.7 Å². The van der Waals surface area contributed by atoms with Crippen LogP contribution in [0.3, 0.4) is 0 Å². The number of allylic oxidation sites excluding steroid dienone is 1. The number of amides is 1. The summed E-state index contributed by atoms with van der Waals surface area (Å²) in [6.07, 6.45) is 6.83. The highest BCUT2D eigenvalue weighted by Gasteiger charge is 2.16. The smallest absolute Gasteiger partial charge is 0.245 e. The van der Waals surface area contributed by atoms with Gasteiger partial charge in [0.2, 0.25) is 5.91 Å². The van der Waals surface area contributed by atoms with Gasteiger partial charge >= 0.3 is 0 Å². The van der Waals surface area contributed by atoms with Crippen LogP contribution in [0.2, 0.25) is 0 Å². The van der Waals surface area contributed by atoms with Gasteiger partial charge in [-0.25, -0.2) is 0 Å². The second-order valence-electron chi connectivity index (χ2n) is 10.1. The number of anilines is 1. The number of nitrogen functional groups attached to an aromatic ring is 1. The normalized spacial score (nSPS) is 11.9. The largest absolute Gasteiger partial charge is 0.398 e. The van der Waals surface area contributed by atoms with E-state index in [2.05, 4.69) is 42.6 Å². The van der Waals surface area contributed by atoms with Gasteiger partial charge in [0.25, 0.3) is 0 Å². The molecular weight excluding hydrogens is 491 g/mol. The molecule has 40 heavy (non-hydrogen) atoms. The van der Waals surface area contributed by atoms with E-state index in [-0.39, 0.29) is 5.91 Å². The van der Waals surface area contributed by atoms with E-state index in [1.54, 1.807) is 25.1 Å². The van der Waals surface area contributed by atoms with Crippen LogP contribution in [0.4, 0.5) is 5.69 Å². The second kappa shape index (κ2) is 15.0. The van der Waals surface area contributed by atoms with E-state index in [1.807, 2.05) is 49.4 Å². The topological polar surface area (TPSA) is 82.2 Å². The minimum absolute atomic E-state index is 0.00434. The molecule has 3 aromatic rings. The first-order valence-corrected chi connectivity index (χ1v) is 14.0. The molecule has 206 valence electrons. The van der Waals surface area contributed by atoms with Crippen molar-refractivity contribution in [3.63, 3.8) is 0 Å². The van der Waals surface area contributed by atoms with Gasteiger partial charge in [-0.1, -0.05) is 80.0 Å². The molecule has 3 rings (SSSR count). The van der Waals surface area contributed by atoms with Crippen molar-refractivity contribution in [3.8, 4) is 0 Å². The molecule has 0 spiro atoms. The fraction of sp³-hybridized carbons (Fsp3) is 0.294. The van der Waals surface area contributed by atoms with Crippen molar-refractivity contribution in [2.45, 2.75) is 39.5 Å². The van der Waals surface area contributed by atoms with Gasteiger partial charge in [0.1, 0.15) is 7.85 Å². The molecule has 4 N–H and O–H groups in total. The predicted octanol–water partition coefficient (Wildman–Crippen LogP) is 5.38. The third-order valence-corrected chi connectivity index (χ3v) is 6.99. The number of carbonyl (C=O) groups excluding carboxylic acids is 1. The quantitative estimate of drug-likeness (QED) is 0.0691. The summed E-state index contributed by atoms with van der Waals surface area (Å²) in [5.41, 5.74) is 15.7. The number of rotatable bonds is 13. The molecule has 0 fully saturated rings. The van der Waals surface area contributed by atoms with E-state index in [9.17, 15) is 4.79 Å². The summed E-state index contributed by atoms with van der Waals surface area (Å²) in [6, 6.07) is 22.8. The fourth-order valence-electron chi connectivity index (χ4n) is 4.70. The van der Waals surface area contributed by atoms with E-state index >= 15 is 0 Å². The van der Waals surface area contributed by atoms with Crippen molar-refractivity contribution in [2.75, 3.05) is 32.9 Å². The molecule has 0 bridgehead atoms. The Hall–Kier alpha value is -3.90. The molecule has 0 saturated heterocycles. The zero-order valence-electron chi connectivity index (χ0n) is 24.3. The summed E-state index contributed by atoms with van der Waals surface area (Å²) in [5.74, 6) is -0.00434.